The maximum atomic E-state index is 13.3. The number of carbonyl (C=O) groups is 2. The van der Waals surface area contributed by atoms with Gasteiger partial charge in [-0.05, 0) is 43.7 Å². The van der Waals surface area contributed by atoms with Crippen LogP contribution in [0.15, 0.2) is 48.7 Å². The molecule has 4 aromatic rings. The van der Waals surface area contributed by atoms with E-state index >= 15 is 0 Å². The number of rotatable bonds is 4. The highest BCUT2D eigenvalue weighted by Gasteiger charge is 2.31. The SMILES string of the molecule is CCCOC(=O)N1CCN(C(=O)c2ccc3c(Cl)cc(-c4ccc5c(cnn5C)c4)nc3c2)C[C@H]1C. The monoisotopic (exact) mass is 505 g/mol. The third-order valence-corrected chi connectivity index (χ3v) is 6.94. The zero-order valence-electron chi connectivity index (χ0n) is 20.6. The van der Waals surface area contributed by atoms with Crippen LogP contribution in [0.2, 0.25) is 5.02 Å². The number of hydrogen-bond acceptors (Lipinski definition) is 5. The smallest absolute Gasteiger partial charge is 0.410 e. The molecule has 0 saturated carbocycles. The van der Waals surface area contributed by atoms with Crippen molar-refractivity contribution in [3.63, 3.8) is 0 Å². The number of fused-ring (bicyclic) bond motifs is 2. The van der Waals surface area contributed by atoms with Gasteiger partial charge in [-0.2, -0.15) is 5.10 Å². The number of ether oxygens (including phenoxy) is 1. The fourth-order valence-corrected chi connectivity index (χ4v) is 4.92. The number of hydrogen-bond donors (Lipinski definition) is 0. The van der Waals surface area contributed by atoms with Crippen molar-refractivity contribution < 1.29 is 14.3 Å². The first-order valence-electron chi connectivity index (χ1n) is 12.1. The van der Waals surface area contributed by atoms with E-state index in [4.69, 9.17) is 21.3 Å². The van der Waals surface area contributed by atoms with Gasteiger partial charge in [0, 0.05) is 54.6 Å². The molecule has 1 atom stereocenters. The van der Waals surface area contributed by atoms with Crippen molar-refractivity contribution in [1.82, 2.24) is 24.6 Å². The number of carbonyl (C=O) groups excluding carboxylic acids is 2. The number of halogens is 1. The Morgan fingerprint density at radius 3 is 2.75 bits per heavy atom. The third kappa shape index (κ3) is 4.48. The summed E-state index contributed by atoms with van der Waals surface area (Å²) in [5.41, 5.74) is 3.89. The van der Waals surface area contributed by atoms with Crippen LogP contribution in [0.25, 0.3) is 33.1 Å². The molecule has 0 bridgehead atoms. The number of amides is 2. The standard InChI is InChI=1S/C27H28ClN5O3/c1-4-11-36-27(35)33-10-9-32(16-17(33)2)26(34)19-5-7-21-22(28)14-23(30-24(21)13-19)18-6-8-25-20(12-18)15-29-31(25)3/h5-8,12-15,17H,4,9-11,16H2,1-3H3/t17-/m1/s1. The number of piperazine rings is 1. The summed E-state index contributed by atoms with van der Waals surface area (Å²) in [6.45, 7) is 5.61. The molecule has 2 aromatic carbocycles. The minimum absolute atomic E-state index is 0.0922. The molecule has 186 valence electrons. The zero-order valence-corrected chi connectivity index (χ0v) is 21.3. The zero-order chi connectivity index (χ0) is 25.4. The topological polar surface area (TPSA) is 80.6 Å². The second-order valence-corrected chi connectivity index (χ2v) is 9.58. The Bertz CT molecular complexity index is 1470. The maximum absolute atomic E-state index is 13.3. The van der Waals surface area contributed by atoms with E-state index in [9.17, 15) is 9.59 Å². The Morgan fingerprint density at radius 2 is 1.97 bits per heavy atom. The molecular formula is C27H28ClN5O3. The van der Waals surface area contributed by atoms with Crippen LogP contribution in [-0.2, 0) is 11.8 Å². The summed E-state index contributed by atoms with van der Waals surface area (Å²) in [7, 11) is 1.91. The normalized spacial score (nSPS) is 16.1. The molecular weight excluding hydrogens is 478 g/mol. The van der Waals surface area contributed by atoms with Gasteiger partial charge in [-0.25, -0.2) is 9.78 Å². The van der Waals surface area contributed by atoms with Gasteiger partial charge in [-0.1, -0.05) is 30.7 Å². The van der Waals surface area contributed by atoms with E-state index in [1.165, 1.54) is 0 Å². The Balaban J connectivity index is 1.39. The first-order valence-corrected chi connectivity index (χ1v) is 12.5. The summed E-state index contributed by atoms with van der Waals surface area (Å²) in [6.07, 6.45) is 2.28. The molecule has 1 saturated heterocycles. The van der Waals surface area contributed by atoms with Gasteiger partial charge in [-0.15, -0.1) is 0 Å². The van der Waals surface area contributed by atoms with E-state index in [0.29, 0.717) is 42.3 Å². The molecule has 36 heavy (non-hydrogen) atoms. The molecule has 1 fully saturated rings. The van der Waals surface area contributed by atoms with Crippen LogP contribution < -0.4 is 0 Å². The quantitative estimate of drug-likeness (QED) is 0.384. The number of pyridine rings is 1. The van der Waals surface area contributed by atoms with Crippen LogP contribution in [-0.4, -0.2) is 68.8 Å². The van der Waals surface area contributed by atoms with Crippen LogP contribution >= 0.6 is 11.6 Å². The summed E-state index contributed by atoms with van der Waals surface area (Å²) in [5.74, 6) is -0.0922. The van der Waals surface area contributed by atoms with Gasteiger partial charge >= 0.3 is 6.09 Å². The number of benzene rings is 2. The predicted molar refractivity (Wildman–Crippen MR) is 140 cm³/mol. The van der Waals surface area contributed by atoms with Gasteiger partial charge in [0.05, 0.1) is 34.6 Å². The van der Waals surface area contributed by atoms with E-state index in [1.807, 2.05) is 62.1 Å². The van der Waals surface area contributed by atoms with Gasteiger partial charge in [0.1, 0.15) is 0 Å². The second kappa shape index (κ2) is 9.78. The molecule has 0 radical (unpaired) electrons. The van der Waals surface area contributed by atoms with Crippen molar-refractivity contribution >= 4 is 45.4 Å². The highest BCUT2D eigenvalue weighted by molar-refractivity contribution is 6.35. The molecule has 0 spiro atoms. The number of aromatic nitrogens is 3. The van der Waals surface area contributed by atoms with E-state index in [-0.39, 0.29) is 18.0 Å². The molecule has 1 aliphatic heterocycles. The lowest BCUT2D eigenvalue weighted by Gasteiger charge is -2.39. The van der Waals surface area contributed by atoms with E-state index in [2.05, 4.69) is 5.10 Å². The number of nitrogens with zero attached hydrogens (tertiary/aromatic N) is 5. The van der Waals surface area contributed by atoms with Gasteiger partial charge in [0.15, 0.2) is 0 Å². The average Bonchev–Trinajstić information content (AvgIpc) is 3.26. The van der Waals surface area contributed by atoms with Gasteiger partial charge in [0.25, 0.3) is 5.91 Å². The molecule has 2 aromatic heterocycles. The number of aryl methyl sites for hydroxylation is 1. The first kappa shape index (κ1) is 24.1. The molecule has 5 rings (SSSR count). The molecule has 9 heteroatoms. The van der Waals surface area contributed by atoms with Crippen molar-refractivity contribution in [2.24, 2.45) is 7.05 Å². The fraction of sp³-hybridized carbons (Fsp3) is 0.333. The molecule has 3 heterocycles. The molecule has 1 aliphatic rings. The Morgan fingerprint density at radius 1 is 1.14 bits per heavy atom. The predicted octanol–water partition coefficient (Wildman–Crippen LogP) is 5.13. The van der Waals surface area contributed by atoms with Crippen LogP contribution in [0.1, 0.15) is 30.6 Å². The van der Waals surface area contributed by atoms with Gasteiger partial charge in [-0.3, -0.25) is 9.48 Å². The van der Waals surface area contributed by atoms with E-state index < -0.39 is 0 Å². The first-order chi connectivity index (χ1) is 17.4. The Hall–Kier alpha value is -3.65. The van der Waals surface area contributed by atoms with Crippen LogP contribution in [0.4, 0.5) is 4.79 Å². The minimum atomic E-state index is -0.321. The molecule has 8 nitrogen and oxygen atoms in total. The molecule has 0 unspecified atom stereocenters. The summed E-state index contributed by atoms with van der Waals surface area (Å²) in [6, 6.07) is 13.2. The highest BCUT2D eigenvalue weighted by Crippen LogP contribution is 2.30. The summed E-state index contributed by atoms with van der Waals surface area (Å²) >= 11 is 6.61. The van der Waals surface area contributed by atoms with Crippen LogP contribution in [0.3, 0.4) is 0 Å². The van der Waals surface area contributed by atoms with Crippen molar-refractivity contribution in [2.45, 2.75) is 26.3 Å². The molecule has 0 aliphatic carbocycles. The summed E-state index contributed by atoms with van der Waals surface area (Å²) in [4.78, 5) is 33.9. The van der Waals surface area contributed by atoms with Crippen molar-refractivity contribution in [3.8, 4) is 11.3 Å². The third-order valence-electron chi connectivity index (χ3n) is 6.63. The van der Waals surface area contributed by atoms with E-state index in [0.717, 1.165) is 34.0 Å². The lowest BCUT2D eigenvalue weighted by Crippen LogP contribution is -2.55. The minimum Gasteiger partial charge on any atom is -0.449 e. The maximum Gasteiger partial charge on any atom is 0.410 e. The Kier molecular flexibility index (Phi) is 6.53. The van der Waals surface area contributed by atoms with Crippen LogP contribution in [0, 0.1) is 0 Å². The Labute approximate surface area is 214 Å². The largest absolute Gasteiger partial charge is 0.449 e. The van der Waals surface area contributed by atoms with Crippen molar-refractivity contribution in [2.75, 3.05) is 26.2 Å². The lowest BCUT2D eigenvalue weighted by molar-refractivity contribution is 0.0412. The van der Waals surface area contributed by atoms with E-state index in [1.54, 1.807) is 21.9 Å². The highest BCUT2D eigenvalue weighted by atomic mass is 35.5. The van der Waals surface area contributed by atoms with Crippen molar-refractivity contribution in [1.29, 1.82) is 0 Å². The lowest BCUT2D eigenvalue weighted by atomic mass is 10.1. The van der Waals surface area contributed by atoms with Gasteiger partial charge < -0.3 is 14.5 Å². The second-order valence-electron chi connectivity index (χ2n) is 9.17. The summed E-state index contributed by atoms with van der Waals surface area (Å²) in [5, 5.41) is 6.69. The average molecular weight is 506 g/mol. The summed E-state index contributed by atoms with van der Waals surface area (Å²) < 4.78 is 7.10. The fourth-order valence-electron chi connectivity index (χ4n) is 4.66. The van der Waals surface area contributed by atoms with Crippen molar-refractivity contribution in [3.05, 3.63) is 59.2 Å². The van der Waals surface area contributed by atoms with Crippen LogP contribution in [0.5, 0.6) is 0 Å². The molecule has 0 N–H and O–H groups in total. The van der Waals surface area contributed by atoms with Gasteiger partial charge in [0.2, 0.25) is 0 Å². The molecule has 2 amide bonds.